The summed E-state index contributed by atoms with van der Waals surface area (Å²) in [6.07, 6.45) is 0. The number of carbonyl (C=O) groups is 1. The van der Waals surface area contributed by atoms with Crippen molar-refractivity contribution in [2.24, 2.45) is 0 Å². The molecule has 2 aromatic heterocycles. The van der Waals surface area contributed by atoms with Gasteiger partial charge >= 0.3 is 17.4 Å². The molecular formula is C21H16N2O8. The smallest absolute Gasteiger partial charge is 0.420 e. The van der Waals surface area contributed by atoms with Gasteiger partial charge in [0.1, 0.15) is 18.7 Å². The fraction of sp³-hybridized carbons (Fsp3) is 0.190. The number of rotatable bonds is 5. The lowest BCUT2D eigenvalue weighted by molar-refractivity contribution is -0.384. The first kappa shape index (κ1) is 20.1. The van der Waals surface area contributed by atoms with Gasteiger partial charge in [-0.2, -0.15) is 0 Å². The third kappa shape index (κ3) is 3.82. The molecule has 0 N–H and O–H groups in total. The predicted molar refractivity (Wildman–Crippen MR) is 109 cm³/mol. The summed E-state index contributed by atoms with van der Waals surface area (Å²) < 4.78 is 16.5. The van der Waals surface area contributed by atoms with Gasteiger partial charge in [-0.25, -0.2) is 9.59 Å². The van der Waals surface area contributed by atoms with Gasteiger partial charge in [-0.1, -0.05) is 0 Å². The van der Waals surface area contributed by atoms with Crippen LogP contribution in [-0.2, 0) is 22.7 Å². The van der Waals surface area contributed by atoms with E-state index in [4.69, 9.17) is 13.6 Å². The van der Waals surface area contributed by atoms with Gasteiger partial charge in [-0.05, 0) is 43.2 Å². The molecular weight excluding hydrogens is 408 g/mol. The molecule has 0 bridgehead atoms. The van der Waals surface area contributed by atoms with E-state index in [9.17, 15) is 24.5 Å². The summed E-state index contributed by atoms with van der Waals surface area (Å²) in [5.74, 6) is -1.59. The molecule has 158 valence electrons. The zero-order chi connectivity index (χ0) is 22.3. The number of benzene rings is 2. The second-order valence-electron chi connectivity index (χ2n) is 7.05. The second kappa shape index (κ2) is 7.56. The summed E-state index contributed by atoms with van der Waals surface area (Å²) in [4.78, 5) is 46.6. The van der Waals surface area contributed by atoms with E-state index in [1.165, 1.54) is 18.2 Å². The molecule has 2 aromatic carbocycles. The molecule has 31 heavy (non-hydrogen) atoms. The van der Waals surface area contributed by atoms with Gasteiger partial charge in [-0.3, -0.25) is 19.5 Å². The highest BCUT2D eigenvalue weighted by molar-refractivity contribution is 5.82. The largest absolute Gasteiger partial charge is 0.459 e. The summed E-state index contributed by atoms with van der Waals surface area (Å²) >= 11 is 0. The van der Waals surface area contributed by atoms with E-state index in [1.54, 1.807) is 6.07 Å². The van der Waals surface area contributed by atoms with Crippen molar-refractivity contribution in [3.8, 4) is 0 Å². The zero-order valence-corrected chi connectivity index (χ0v) is 16.5. The Kier molecular flexibility index (Phi) is 4.90. The fourth-order valence-electron chi connectivity index (χ4n) is 3.25. The van der Waals surface area contributed by atoms with Crippen molar-refractivity contribution in [3.63, 3.8) is 0 Å². The van der Waals surface area contributed by atoms with E-state index in [2.05, 4.69) is 0 Å². The lowest BCUT2D eigenvalue weighted by Gasteiger charge is -2.09. The molecule has 0 atom stereocenters. The van der Waals surface area contributed by atoms with Crippen molar-refractivity contribution < 1.29 is 23.3 Å². The number of non-ortho nitro benzene ring substituents is 1. The van der Waals surface area contributed by atoms with Crippen molar-refractivity contribution in [2.45, 2.75) is 27.0 Å². The van der Waals surface area contributed by atoms with Crippen LogP contribution in [0.1, 0.15) is 16.7 Å². The lowest BCUT2D eigenvalue weighted by Crippen LogP contribution is -2.21. The molecule has 0 fully saturated rings. The van der Waals surface area contributed by atoms with Crippen LogP contribution in [-0.4, -0.2) is 15.5 Å². The van der Waals surface area contributed by atoms with Crippen LogP contribution in [0.5, 0.6) is 0 Å². The van der Waals surface area contributed by atoms with Crippen LogP contribution in [0.3, 0.4) is 0 Å². The Hall–Kier alpha value is -4.21. The van der Waals surface area contributed by atoms with Crippen molar-refractivity contribution >= 4 is 33.7 Å². The third-order valence-electron chi connectivity index (χ3n) is 4.98. The highest BCUT2D eigenvalue weighted by Crippen LogP contribution is 2.23. The van der Waals surface area contributed by atoms with E-state index >= 15 is 0 Å². The zero-order valence-electron chi connectivity index (χ0n) is 16.5. The monoisotopic (exact) mass is 424 g/mol. The minimum Gasteiger partial charge on any atom is -0.459 e. The molecule has 0 saturated carbocycles. The van der Waals surface area contributed by atoms with Crippen LogP contribution in [0.4, 0.5) is 5.69 Å². The SMILES string of the molecule is Cc1cc2oc(=O)cc(COC(=O)Cn3c(=O)oc4cc([N+](=O)[O-])ccc43)c2cc1C. The maximum Gasteiger partial charge on any atom is 0.420 e. The standard InChI is InChI=1S/C21H16N2O8/c1-11-5-15-13(7-19(24)30-17(15)6-12(11)2)10-29-20(25)9-22-16-4-3-14(23(27)28)8-18(16)31-21(22)26/h3-8H,9-10H2,1-2H3. The lowest BCUT2D eigenvalue weighted by atomic mass is 10.0. The number of aryl methyl sites for hydroxylation is 2. The van der Waals surface area contributed by atoms with Gasteiger partial charge < -0.3 is 13.6 Å². The van der Waals surface area contributed by atoms with Crippen LogP contribution >= 0.6 is 0 Å². The molecule has 0 saturated heterocycles. The molecule has 0 amide bonds. The quantitative estimate of drug-likeness (QED) is 0.206. The number of esters is 1. The molecule has 0 unspecified atom stereocenters. The molecule has 0 aliphatic carbocycles. The number of nitro benzene ring substituents is 1. The first-order valence-electron chi connectivity index (χ1n) is 9.20. The van der Waals surface area contributed by atoms with Crippen LogP contribution in [0.15, 0.2) is 54.8 Å². The molecule has 4 rings (SSSR count). The Morgan fingerprint density at radius 2 is 1.81 bits per heavy atom. The number of nitro groups is 1. The minimum absolute atomic E-state index is 0.00972. The molecule has 10 heteroatoms. The van der Waals surface area contributed by atoms with Crippen LogP contribution in [0, 0.1) is 24.0 Å². The van der Waals surface area contributed by atoms with Gasteiger partial charge in [-0.15, -0.1) is 0 Å². The van der Waals surface area contributed by atoms with Gasteiger partial charge in [0, 0.05) is 23.1 Å². The third-order valence-corrected chi connectivity index (χ3v) is 4.98. The average Bonchev–Trinajstić information content (AvgIpc) is 3.01. The molecule has 0 radical (unpaired) electrons. The number of hydrogen-bond donors (Lipinski definition) is 0. The normalized spacial score (nSPS) is 11.2. The Bertz CT molecular complexity index is 1470. The number of aromatic nitrogens is 1. The summed E-state index contributed by atoms with van der Waals surface area (Å²) in [7, 11) is 0. The minimum atomic E-state index is -0.843. The fourth-order valence-corrected chi connectivity index (χ4v) is 3.25. The van der Waals surface area contributed by atoms with Crippen molar-refractivity contribution in [1.82, 2.24) is 4.57 Å². The van der Waals surface area contributed by atoms with Crippen LogP contribution in [0.2, 0.25) is 0 Å². The number of carbonyl (C=O) groups excluding carboxylic acids is 1. The number of fused-ring (bicyclic) bond motifs is 2. The number of hydrogen-bond acceptors (Lipinski definition) is 8. The molecule has 0 aliphatic rings. The second-order valence-corrected chi connectivity index (χ2v) is 7.05. The summed E-state index contributed by atoms with van der Waals surface area (Å²) in [6.45, 7) is 3.15. The first-order valence-corrected chi connectivity index (χ1v) is 9.20. The van der Waals surface area contributed by atoms with Crippen LogP contribution < -0.4 is 11.4 Å². The maximum atomic E-state index is 12.4. The topological polar surface area (TPSA) is 135 Å². The summed E-state index contributed by atoms with van der Waals surface area (Å²) in [6, 6.07) is 8.48. The van der Waals surface area contributed by atoms with Gasteiger partial charge in [0.2, 0.25) is 0 Å². The van der Waals surface area contributed by atoms with Crippen molar-refractivity contribution in [1.29, 1.82) is 0 Å². The molecule has 2 heterocycles. The molecule has 0 spiro atoms. The molecule has 4 aromatic rings. The predicted octanol–water partition coefficient (Wildman–Crippen LogP) is 2.97. The number of ether oxygens (including phenoxy) is 1. The highest BCUT2D eigenvalue weighted by Gasteiger charge is 2.17. The van der Waals surface area contributed by atoms with E-state index in [-0.39, 0.29) is 23.4 Å². The van der Waals surface area contributed by atoms with Crippen molar-refractivity contribution in [3.05, 3.63) is 84.2 Å². The Morgan fingerprint density at radius 3 is 2.55 bits per heavy atom. The average molecular weight is 424 g/mol. The summed E-state index contributed by atoms with van der Waals surface area (Å²) in [5, 5.41) is 11.5. The van der Waals surface area contributed by atoms with Crippen molar-refractivity contribution in [2.75, 3.05) is 0 Å². The van der Waals surface area contributed by atoms with E-state index in [0.717, 1.165) is 21.8 Å². The van der Waals surface area contributed by atoms with E-state index < -0.39 is 28.8 Å². The molecule has 0 aliphatic heterocycles. The summed E-state index contributed by atoms with van der Waals surface area (Å²) in [5.41, 5.74) is 2.21. The Balaban J connectivity index is 1.57. The molecule has 10 nitrogen and oxygen atoms in total. The number of nitrogens with zero attached hydrogens (tertiary/aromatic N) is 2. The van der Waals surface area contributed by atoms with Gasteiger partial charge in [0.15, 0.2) is 5.58 Å². The Labute approximate surface area is 173 Å². The number of oxazole rings is 1. The first-order chi connectivity index (χ1) is 14.7. The highest BCUT2D eigenvalue weighted by atomic mass is 16.6. The van der Waals surface area contributed by atoms with Gasteiger partial charge in [0.25, 0.3) is 5.69 Å². The maximum absolute atomic E-state index is 12.4. The Morgan fingerprint density at radius 1 is 1.06 bits per heavy atom. The van der Waals surface area contributed by atoms with Crippen LogP contribution in [0.25, 0.3) is 22.1 Å². The van der Waals surface area contributed by atoms with E-state index in [1.807, 2.05) is 19.9 Å². The van der Waals surface area contributed by atoms with Gasteiger partial charge in [0.05, 0.1) is 16.5 Å². The van der Waals surface area contributed by atoms with E-state index in [0.29, 0.717) is 16.5 Å².